The molecule has 33 heavy (non-hydrogen) atoms. The number of carbonyl (C=O) groups excluding carboxylic acids is 1. The molecule has 2 aromatic carbocycles. The number of ether oxygens (including phenoxy) is 3. The standard InChI is InChI=1S/C25H31BrFNO4S/c1-5-32-23(29)25(11-6-12-25)33-16-24(2,20-13-18(26)8-10-21(20)27)28-15-17-7-9-19(30-3)14-22(17)31-4/h7-10,13-14,28H,5-6,11-12,15-16H2,1-4H3. The fraction of sp³-hybridized carbons (Fsp3) is 0.480. The fourth-order valence-electron chi connectivity index (χ4n) is 3.88. The quantitative estimate of drug-likeness (QED) is 0.362. The average Bonchev–Trinajstić information content (AvgIpc) is 2.78. The van der Waals surface area contributed by atoms with Gasteiger partial charge in [0.25, 0.3) is 0 Å². The smallest absolute Gasteiger partial charge is 0.322 e. The average molecular weight is 540 g/mol. The Hall–Kier alpha value is -1.77. The van der Waals surface area contributed by atoms with E-state index in [0.717, 1.165) is 29.3 Å². The number of methoxy groups -OCH3 is 2. The Morgan fingerprint density at radius 1 is 1.21 bits per heavy atom. The fourth-order valence-corrected chi connectivity index (χ4v) is 5.82. The Bertz CT molecular complexity index is 985. The van der Waals surface area contributed by atoms with Crippen molar-refractivity contribution in [2.24, 2.45) is 0 Å². The van der Waals surface area contributed by atoms with Gasteiger partial charge < -0.3 is 19.5 Å². The molecule has 5 nitrogen and oxygen atoms in total. The molecule has 0 heterocycles. The maximum atomic E-state index is 15.0. The molecule has 1 fully saturated rings. The van der Waals surface area contributed by atoms with Gasteiger partial charge in [0.2, 0.25) is 0 Å². The highest BCUT2D eigenvalue weighted by Gasteiger charge is 2.47. The molecule has 3 rings (SSSR count). The number of nitrogens with one attached hydrogen (secondary N) is 1. The van der Waals surface area contributed by atoms with E-state index in [2.05, 4.69) is 21.2 Å². The first-order valence-electron chi connectivity index (χ1n) is 11.0. The molecule has 0 spiro atoms. The minimum Gasteiger partial charge on any atom is -0.497 e. The van der Waals surface area contributed by atoms with Gasteiger partial charge in [0.1, 0.15) is 22.1 Å². The predicted octanol–water partition coefficient (Wildman–Crippen LogP) is 5.83. The zero-order valence-corrected chi connectivity index (χ0v) is 21.9. The van der Waals surface area contributed by atoms with Crippen molar-refractivity contribution in [2.75, 3.05) is 26.6 Å². The topological polar surface area (TPSA) is 56.8 Å². The van der Waals surface area contributed by atoms with Gasteiger partial charge in [-0.05, 0) is 57.4 Å². The Balaban J connectivity index is 1.88. The summed E-state index contributed by atoms with van der Waals surface area (Å²) in [6.45, 7) is 4.59. The number of esters is 1. The third kappa shape index (κ3) is 5.84. The van der Waals surface area contributed by atoms with E-state index in [4.69, 9.17) is 14.2 Å². The first-order valence-corrected chi connectivity index (χ1v) is 12.8. The number of hydrogen-bond acceptors (Lipinski definition) is 6. The Morgan fingerprint density at radius 2 is 1.97 bits per heavy atom. The molecule has 1 aliphatic rings. The van der Waals surface area contributed by atoms with Crippen molar-refractivity contribution >= 4 is 33.7 Å². The zero-order chi connectivity index (χ0) is 24.1. The number of benzene rings is 2. The molecule has 1 N–H and O–H groups in total. The van der Waals surface area contributed by atoms with Crippen LogP contribution in [0.15, 0.2) is 40.9 Å². The second kappa shape index (κ2) is 11.1. The van der Waals surface area contributed by atoms with E-state index in [0.29, 0.717) is 36.0 Å². The van der Waals surface area contributed by atoms with Crippen molar-refractivity contribution in [1.29, 1.82) is 0 Å². The SMILES string of the molecule is CCOC(=O)C1(SCC(C)(NCc2ccc(OC)cc2OC)c2cc(Br)ccc2F)CCC1. The van der Waals surface area contributed by atoms with Crippen molar-refractivity contribution in [3.63, 3.8) is 0 Å². The number of thioether (sulfide) groups is 1. The third-order valence-electron chi connectivity index (χ3n) is 6.13. The van der Waals surface area contributed by atoms with Crippen LogP contribution in [0.1, 0.15) is 44.2 Å². The van der Waals surface area contributed by atoms with Crippen LogP contribution in [0.4, 0.5) is 4.39 Å². The van der Waals surface area contributed by atoms with Gasteiger partial charge in [-0.3, -0.25) is 4.79 Å². The van der Waals surface area contributed by atoms with Crippen molar-refractivity contribution in [3.05, 3.63) is 57.8 Å². The summed E-state index contributed by atoms with van der Waals surface area (Å²) >= 11 is 5.03. The number of halogens is 2. The zero-order valence-electron chi connectivity index (χ0n) is 19.5. The summed E-state index contributed by atoms with van der Waals surface area (Å²) in [5.41, 5.74) is 0.710. The summed E-state index contributed by atoms with van der Waals surface area (Å²) < 4.78 is 31.4. The van der Waals surface area contributed by atoms with E-state index in [9.17, 15) is 4.79 Å². The van der Waals surface area contributed by atoms with Crippen molar-refractivity contribution in [2.45, 2.75) is 49.9 Å². The molecule has 1 aliphatic carbocycles. The Morgan fingerprint density at radius 3 is 2.58 bits per heavy atom. The molecule has 1 saturated carbocycles. The van der Waals surface area contributed by atoms with Crippen molar-refractivity contribution in [3.8, 4) is 11.5 Å². The van der Waals surface area contributed by atoms with Crippen LogP contribution < -0.4 is 14.8 Å². The lowest BCUT2D eigenvalue weighted by Crippen LogP contribution is -2.48. The summed E-state index contributed by atoms with van der Waals surface area (Å²) in [7, 11) is 3.22. The minimum atomic E-state index is -0.751. The number of hydrogen-bond donors (Lipinski definition) is 1. The molecule has 0 amide bonds. The monoisotopic (exact) mass is 539 g/mol. The highest BCUT2D eigenvalue weighted by Crippen LogP contribution is 2.47. The minimum absolute atomic E-state index is 0.171. The van der Waals surface area contributed by atoms with Gasteiger partial charge in [-0.2, -0.15) is 0 Å². The first kappa shape index (κ1) is 25.8. The van der Waals surface area contributed by atoms with E-state index >= 15 is 4.39 Å². The van der Waals surface area contributed by atoms with Gasteiger partial charge in [0, 0.05) is 34.0 Å². The second-order valence-corrected chi connectivity index (χ2v) is 10.6. The van der Waals surface area contributed by atoms with E-state index < -0.39 is 10.3 Å². The molecule has 1 unspecified atom stereocenters. The molecule has 0 saturated heterocycles. The summed E-state index contributed by atoms with van der Waals surface area (Å²) in [6, 6.07) is 10.6. The summed E-state index contributed by atoms with van der Waals surface area (Å²) in [6.07, 6.45) is 2.55. The largest absolute Gasteiger partial charge is 0.497 e. The maximum absolute atomic E-state index is 15.0. The van der Waals surface area contributed by atoms with Crippen LogP contribution in [0.2, 0.25) is 0 Å². The highest BCUT2D eigenvalue weighted by atomic mass is 79.9. The maximum Gasteiger partial charge on any atom is 0.322 e. The molecule has 0 aromatic heterocycles. The van der Waals surface area contributed by atoms with Crippen molar-refractivity contribution < 1.29 is 23.4 Å². The highest BCUT2D eigenvalue weighted by molar-refractivity contribution is 9.10. The molecule has 2 aromatic rings. The molecule has 0 radical (unpaired) electrons. The summed E-state index contributed by atoms with van der Waals surface area (Å²) in [5.74, 6) is 1.42. The molecule has 0 aliphatic heterocycles. The van der Waals surface area contributed by atoms with Gasteiger partial charge in [0.15, 0.2) is 0 Å². The van der Waals surface area contributed by atoms with Crippen LogP contribution in [0.3, 0.4) is 0 Å². The molecule has 180 valence electrons. The lowest BCUT2D eigenvalue weighted by Gasteiger charge is -2.42. The van der Waals surface area contributed by atoms with Gasteiger partial charge in [-0.1, -0.05) is 22.0 Å². The Labute approximate surface area is 207 Å². The van der Waals surface area contributed by atoms with Crippen LogP contribution in [-0.2, 0) is 21.6 Å². The third-order valence-corrected chi connectivity index (χ3v) is 8.47. The van der Waals surface area contributed by atoms with Crippen LogP contribution in [0.5, 0.6) is 11.5 Å². The van der Waals surface area contributed by atoms with E-state index in [1.165, 1.54) is 6.07 Å². The molecule has 1 atom stereocenters. The van der Waals surface area contributed by atoms with Crippen LogP contribution in [0.25, 0.3) is 0 Å². The molecule has 8 heteroatoms. The summed E-state index contributed by atoms with van der Waals surface area (Å²) in [5, 5.41) is 3.55. The van der Waals surface area contributed by atoms with Crippen molar-refractivity contribution in [1.82, 2.24) is 5.32 Å². The number of carbonyl (C=O) groups is 1. The first-order chi connectivity index (χ1) is 15.8. The molecule has 0 bridgehead atoms. The van der Waals surface area contributed by atoms with Crippen LogP contribution in [0, 0.1) is 5.82 Å². The van der Waals surface area contributed by atoms with Gasteiger partial charge in [-0.15, -0.1) is 11.8 Å². The second-order valence-electron chi connectivity index (χ2n) is 8.34. The normalized spacial score (nSPS) is 16.4. The predicted molar refractivity (Wildman–Crippen MR) is 134 cm³/mol. The van der Waals surface area contributed by atoms with Gasteiger partial charge >= 0.3 is 5.97 Å². The lowest BCUT2D eigenvalue weighted by molar-refractivity contribution is -0.148. The van der Waals surface area contributed by atoms with Crippen LogP contribution in [-0.4, -0.2) is 37.3 Å². The van der Waals surface area contributed by atoms with Crippen LogP contribution >= 0.6 is 27.7 Å². The van der Waals surface area contributed by atoms with E-state index in [-0.39, 0.29) is 11.8 Å². The van der Waals surface area contributed by atoms with E-state index in [1.807, 2.05) is 32.0 Å². The van der Waals surface area contributed by atoms with Gasteiger partial charge in [0.05, 0.1) is 26.4 Å². The Kier molecular flexibility index (Phi) is 8.70. The lowest BCUT2D eigenvalue weighted by atomic mass is 9.84. The molecular weight excluding hydrogens is 509 g/mol. The van der Waals surface area contributed by atoms with E-state index in [1.54, 1.807) is 38.1 Å². The van der Waals surface area contributed by atoms with Gasteiger partial charge in [-0.25, -0.2) is 4.39 Å². The molecular formula is C25H31BrFNO4S. The number of rotatable bonds is 11. The summed E-state index contributed by atoms with van der Waals surface area (Å²) in [4.78, 5) is 12.7.